The number of aromatic nitrogens is 4. The van der Waals surface area contributed by atoms with Gasteiger partial charge < -0.3 is 24.3 Å². The maximum absolute atomic E-state index is 14.3. The average Bonchev–Trinajstić information content (AvgIpc) is 3.56. The Labute approximate surface area is 216 Å². The molecular weight excluding hydrogens is 497 g/mol. The van der Waals surface area contributed by atoms with Gasteiger partial charge in [-0.15, -0.1) is 0 Å². The van der Waals surface area contributed by atoms with Crippen molar-refractivity contribution in [3.63, 3.8) is 0 Å². The summed E-state index contributed by atoms with van der Waals surface area (Å²) in [6.45, 7) is 5.57. The molecule has 2 aliphatic heterocycles. The molecule has 2 fully saturated rings. The molecule has 0 spiro atoms. The largest absolute Gasteiger partial charge is 0.444 e. The van der Waals surface area contributed by atoms with Crippen molar-refractivity contribution in [1.82, 2.24) is 19.9 Å². The van der Waals surface area contributed by atoms with Gasteiger partial charge in [-0.25, -0.2) is 14.4 Å². The van der Waals surface area contributed by atoms with Gasteiger partial charge in [0.2, 0.25) is 5.89 Å². The molecule has 192 valence electrons. The van der Waals surface area contributed by atoms with Crippen LogP contribution in [0.1, 0.15) is 29.0 Å². The number of oxazole rings is 1. The molecule has 1 amide bonds. The lowest BCUT2D eigenvalue weighted by atomic mass is 10.1. The first-order chi connectivity index (χ1) is 18.0. The third-order valence-corrected chi connectivity index (χ3v) is 7.48. The molecule has 12 heteroatoms. The number of rotatable bonds is 5. The zero-order chi connectivity index (χ0) is 25.4. The van der Waals surface area contributed by atoms with E-state index in [1.54, 1.807) is 12.3 Å². The highest BCUT2D eigenvalue weighted by Crippen LogP contribution is 2.36. The molecule has 6 heterocycles. The van der Waals surface area contributed by atoms with E-state index in [2.05, 4.69) is 20.2 Å². The number of carbonyl (C=O) groups is 1. The number of morpholine rings is 1. The lowest BCUT2D eigenvalue weighted by Gasteiger charge is -2.31. The summed E-state index contributed by atoms with van der Waals surface area (Å²) in [5.41, 5.74) is 2.76. The first kappa shape index (κ1) is 23.7. The Morgan fingerprint density at radius 2 is 2.03 bits per heavy atom. The fourth-order valence-corrected chi connectivity index (χ4v) is 5.56. The first-order valence-electron chi connectivity index (χ1n) is 12.3. The zero-order valence-electron chi connectivity index (χ0n) is 20.3. The summed E-state index contributed by atoms with van der Waals surface area (Å²) >= 11 is 1.51. The SMILES string of the molecule is Cc1cc(-c2nc(C(=O)Nc3cc4sc(N5CCOCC5)nc4nc3N3CCCC(F)C3)co2)ccn1. The van der Waals surface area contributed by atoms with Crippen LogP contribution in [0.4, 0.5) is 21.0 Å². The Morgan fingerprint density at radius 1 is 1.16 bits per heavy atom. The number of halogens is 1. The third kappa shape index (κ3) is 4.98. The molecule has 37 heavy (non-hydrogen) atoms. The molecule has 0 radical (unpaired) electrons. The number of pyridine rings is 2. The fraction of sp³-hybridized carbons (Fsp3) is 0.400. The fourth-order valence-electron chi connectivity index (χ4n) is 4.56. The lowest BCUT2D eigenvalue weighted by Crippen LogP contribution is -2.37. The summed E-state index contributed by atoms with van der Waals surface area (Å²) in [5.74, 6) is 0.406. The Kier molecular flexibility index (Phi) is 6.43. The van der Waals surface area contributed by atoms with Gasteiger partial charge in [-0.3, -0.25) is 9.78 Å². The number of piperidine rings is 1. The van der Waals surface area contributed by atoms with Crippen LogP contribution in [-0.2, 0) is 4.74 Å². The molecule has 0 aliphatic carbocycles. The Hall–Kier alpha value is -3.64. The number of hydrogen-bond donors (Lipinski definition) is 1. The van der Waals surface area contributed by atoms with Crippen molar-refractivity contribution in [2.45, 2.75) is 25.9 Å². The number of fused-ring (bicyclic) bond motifs is 1. The molecule has 1 N–H and O–H groups in total. The quantitative estimate of drug-likeness (QED) is 0.414. The highest BCUT2D eigenvalue weighted by atomic mass is 32.1. The predicted octanol–water partition coefficient (Wildman–Crippen LogP) is 4.08. The predicted molar refractivity (Wildman–Crippen MR) is 139 cm³/mol. The molecule has 1 unspecified atom stereocenters. The van der Waals surface area contributed by atoms with Gasteiger partial charge in [0.15, 0.2) is 22.3 Å². The summed E-state index contributed by atoms with van der Waals surface area (Å²) < 4.78 is 26.2. The molecule has 2 saturated heterocycles. The van der Waals surface area contributed by atoms with Crippen LogP contribution in [0.2, 0.25) is 0 Å². The maximum atomic E-state index is 14.3. The molecule has 0 saturated carbocycles. The summed E-state index contributed by atoms with van der Waals surface area (Å²) in [5, 5.41) is 3.80. The van der Waals surface area contributed by atoms with Gasteiger partial charge in [-0.1, -0.05) is 11.3 Å². The van der Waals surface area contributed by atoms with Crippen molar-refractivity contribution in [3.8, 4) is 11.5 Å². The molecule has 2 aliphatic rings. The smallest absolute Gasteiger partial charge is 0.277 e. The number of nitrogens with zero attached hydrogens (tertiary/aromatic N) is 6. The summed E-state index contributed by atoms with van der Waals surface area (Å²) in [7, 11) is 0. The van der Waals surface area contributed by atoms with Crippen molar-refractivity contribution in [2.75, 3.05) is 54.5 Å². The number of thiazole rings is 1. The Balaban J connectivity index is 1.32. The van der Waals surface area contributed by atoms with Crippen molar-refractivity contribution < 1.29 is 18.3 Å². The first-order valence-corrected chi connectivity index (χ1v) is 13.1. The van der Waals surface area contributed by atoms with Gasteiger partial charge in [-0.05, 0) is 38.0 Å². The van der Waals surface area contributed by atoms with Gasteiger partial charge in [0, 0.05) is 37.1 Å². The number of carbonyl (C=O) groups excluding carboxylic acids is 1. The summed E-state index contributed by atoms with van der Waals surface area (Å²) in [6, 6.07) is 5.48. The summed E-state index contributed by atoms with van der Waals surface area (Å²) in [4.78, 5) is 35.4. The number of aryl methyl sites for hydroxylation is 1. The van der Waals surface area contributed by atoms with Crippen LogP contribution in [0.15, 0.2) is 35.1 Å². The van der Waals surface area contributed by atoms with E-state index in [0.717, 1.165) is 34.2 Å². The van der Waals surface area contributed by atoms with Gasteiger partial charge in [0.1, 0.15) is 12.4 Å². The van der Waals surface area contributed by atoms with E-state index in [1.165, 1.54) is 17.6 Å². The molecule has 6 rings (SSSR count). The van der Waals surface area contributed by atoms with E-state index in [-0.39, 0.29) is 12.2 Å². The third-order valence-electron chi connectivity index (χ3n) is 6.42. The number of hydrogen-bond acceptors (Lipinski definition) is 10. The normalized spacial score (nSPS) is 18.4. The molecule has 4 aromatic heterocycles. The second-order valence-electron chi connectivity index (χ2n) is 9.14. The van der Waals surface area contributed by atoms with Crippen molar-refractivity contribution >= 4 is 44.2 Å². The van der Waals surface area contributed by atoms with Gasteiger partial charge in [0.25, 0.3) is 5.91 Å². The zero-order valence-corrected chi connectivity index (χ0v) is 21.1. The maximum Gasteiger partial charge on any atom is 0.277 e. The highest BCUT2D eigenvalue weighted by Gasteiger charge is 2.26. The van der Waals surface area contributed by atoms with Crippen LogP contribution in [-0.4, -0.2) is 71.4 Å². The highest BCUT2D eigenvalue weighted by molar-refractivity contribution is 7.22. The minimum absolute atomic E-state index is 0.135. The van der Waals surface area contributed by atoms with Crippen LogP contribution in [0.25, 0.3) is 21.8 Å². The van der Waals surface area contributed by atoms with Crippen molar-refractivity contribution in [1.29, 1.82) is 0 Å². The number of nitrogens with one attached hydrogen (secondary N) is 1. The number of anilines is 3. The molecular formula is C25H26FN7O3S. The molecule has 0 aromatic carbocycles. The van der Waals surface area contributed by atoms with Crippen LogP contribution in [0.5, 0.6) is 0 Å². The van der Waals surface area contributed by atoms with Crippen LogP contribution in [0.3, 0.4) is 0 Å². The van der Waals surface area contributed by atoms with Crippen LogP contribution in [0, 0.1) is 6.92 Å². The van der Waals surface area contributed by atoms with Gasteiger partial charge in [-0.2, -0.15) is 4.98 Å². The van der Waals surface area contributed by atoms with E-state index in [1.807, 2.05) is 24.0 Å². The topological polar surface area (TPSA) is 110 Å². The number of ether oxygens (including phenoxy) is 1. The second-order valence-corrected chi connectivity index (χ2v) is 10.1. The molecule has 0 bridgehead atoms. The Morgan fingerprint density at radius 3 is 2.84 bits per heavy atom. The Bertz CT molecular complexity index is 1430. The van der Waals surface area contributed by atoms with E-state index < -0.39 is 12.1 Å². The second kappa shape index (κ2) is 10.0. The molecule has 4 aromatic rings. The average molecular weight is 524 g/mol. The molecule has 1 atom stereocenters. The standard InChI is InChI=1S/C25H26FN7O3S/c1-15-11-16(4-5-27-15)24-29-19(14-36-24)23(34)28-18-12-20-21(30-22(18)33-6-2-3-17(26)13-33)31-25(37-20)32-7-9-35-10-8-32/h4-5,11-12,14,17H,2-3,6-10,13H2,1H3,(H,28,34). The van der Waals surface area contributed by atoms with E-state index in [4.69, 9.17) is 19.1 Å². The monoisotopic (exact) mass is 523 g/mol. The van der Waals surface area contributed by atoms with Crippen LogP contribution >= 0.6 is 11.3 Å². The number of amides is 1. The molecule has 10 nitrogen and oxygen atoms in total. The summed E-state index contributed by atoms with van der Waals surface area (Å²) in [6.07, 6.45) is 3.28. The van der Waals surface area contributed by atoms with Crippen molar-refractivity contribution in [3.05, 3.63) is 42.0 Å². The lowest BCUT2D eigenvalue weighted by molar-refractivity contribution is 0.102. The van der Waals surface area contributed by atoms with Gasteiger partial charge >= 0.3 is 0 Å². The van der Waals surface area contributed by atoms with Crippen molar-refractivity contribution in [2.24, 2.45) is 0 Å². The minimum Gasteiger partial charge on any atom is -0.444 e. The minimum atomic E-state index is -0.948. The van der Waals surface area contributed by atoms with E-state index >= 15 is 0 Å². The van der Waals surface area contributed by atoms with Gasteiger partial charge in [0.05, 0.1) is 30.1 Å². The van der Waals surface area contributed by atoms with E-state index in [0.29, 0.717) is 55.6 Å². The number of alkyl halides is 1. The van der Waals surface area contributed by atoms with Crippen LogP contribution < -0.4 is 15.1 Å². The van der Waals surface area contributed by atoms with E-state index in [9.17, 15) is 9.18 Å².